The van der Waals surface area contributed by atoms with Gasteiger partial charge in [0.05, 0.1) is 0 Å². The quantitative estimate of drug-likeness (QED) is 0.294. The predicted octanol–water partition coefficient (Wildman–Crippen LogP) is 1.31. The van der Waals surface area contributed by atoms with Crippen LogP contribution in [0.2, 0.25) is 0 Å². The number of anilines is 1. The van der Waals surface area contributed by atoms with Gasteiger partial charge in [0.2, 0.25) is 0 Å². The van der Waals surface area contributed by atoms with E-state index in [9.17, 15) is 30.0 Å². The molecule has 0 radical (unpaired) electrons. The number of Topliss-reactive ketones (excluding diaryl/α,β-unsaturated/α-hetero) is 1. The number of ketones is 1. The first-order valence-electron chi connectivity index (χ1n) is 14.2. The number of primary amides is 1. The van der Waals surface area contributed by atoms with Gasteiger partial charge in [-0.3, -0.25) is 0 Å². The number of fused-ring (bicyclic) bond motifs is 3. The summed E-state index contributed by atoms with van der Waals surface area (Å²) in [5, 5.41) is 46.0. The molecule has 0 heterocycles. The molecule has 1 aromatic rings. The number of nitrogens with zero attached hydrogens (tertiary/aromatic N) is 3. The minimum atomic E-state index is -2.21. The third-order valence-electron chi connectivity index (χ3n) is 9.40. The van der Waals surface area contributed by atoms with Gasteiger partial charge < -0.3 is 0 Å². The second-order valence-corrected chi connectivity index (χ2v) is 12.1. The summed E-state index contributed by atoms with van der Waals surface area (Å²) >= 11 is 0. The maximum absolute atomic E-state index is 14.1. The van der Waals surface area contributed by atoms with Crippen molar-refractivity contribution in [2.75, 3.05) is 39.6 Å². The molecule has 1 amide bonds. The molecule has 0 fully saturated rings. The number of carbonyl (C=O) groups excluding carboxylic acids is 2. The molecule has 0 saturated heterocycles. The molecule has 0 bridgehead atoms. The molecular formula is C30H43BN4O6. The van der Waals surface area contributed by atoms with Crippen LogP contribution in [0.4, 0.5) is 5.69 Å². The SMILES string of the molecule is B=C1C(C(N)=O)=C(O)[C@@H](N(C)C)[C@@H]2C[C@@H]3Cc4c(c(O)cc(CN(CC)C(C)CC)c4N(C)C)C(=O)C3=C(O)[C@]12O. The van der Waals surface area contributed by atoms with Crippen LogP contribution in [0, 0.1) is 11.8 Å². The number of nitrogens with two attached hydrogens (primary N) is 1. The number of aliphatic hydroxyl groups excluding tert-OH is 2. The number of aromatic hydroxyl groups is 1. The Morgan fingerprint density at radius 3 is 2.34 bits per heavy atom. The standard InChI is InChI=1S/C30H43BN4O6/c1-8-14(3)35(9-2)13-16-12-19(36)21-17(23(16)33(4)5)10-15-11-18-24(34(6)7)26(38)22(29(32)40)27(31)30(18,41)28(39)20(15)25(21)37/h12,14-15,18,24,31,36,38-39,41H,8-11,13H2,1-7H3,(H2,32,40)/t14?,15-,18-,24-,30+/m0/s1. The van der Waals surface area contributed by atoms with Crippen molar-refractivity contribution in [1.29, 1.82) is 0 Å². The van der Waals surface area contributed by atoms with Gasteiger partial charge in [-0.2, -0.15) is 0 Å². The van der Waals surface area contributed by atoms with Crippen molar-refractivity contribution < 1.29 is 30.0 Å². The van der Waals surface area contributed by atoms with Crippen molar-refractivity contribution in [3.05, 3.63) is 45.4 Å². The first-order valence-corrected chi connectivity index (χ1v) is 14.2. The maximum atomic E-state index is 14.1. The molecule has 11 heteroatoms. The molecule has 0 aromatic heterocycles. The molecule has 3 aliphatic rings. The van der Waals surface area contributed by atoms with Crippen LogP contribution in [0.25, 0.3) is 0 Å². The van der Waals surface area contributed by atoms with Gasteiger partial charge in [-0.15, -0.1) is 0 Å². The summed E-state index contributed by atoms with van der Waals surface area (Å²) in [6, 6.07) is 1.09. The van der Waals surface area contributed by atoms with E-state index in [0.717, 1.165) is 24.2 Å². The van der Waals surface area contributed by atoms with Crippen molar-refractivity contribution in [2.45, 2.75) is 64.3 Å². The Morgan fingerprint density at radius 1 is 1.20 bits per heavy atom. The molecule has 3 aliphatic carbocycles. The molecule has 10 nitrogen and oxygen atoms in total. The molecule has 4 rings (SSSR count). The third kappa shape index (κ3) is 4.58. The molecule has 6 N–H and O–H groups in total. The molecule has 1 aromatic carbocycles. The van der Waals surface area contributed by atoms with Crippen LogP contribution >= 0.6 is 0 Å². The Hall–Kier alpha value is -3.15. The van der Waals surface area contributed by atoms with Crippen LogP contribution in [-0.4, -0.2) is 107 Å². The third-order valence-corrected chi connectivity index (χ3v) is 9.40. The summed E-state index contributed by atoms with van der Waals surface area (Å²) in [6.45, 7) is 7.80. The first-order chi connectivity index (χ1) is 19.1. The number of phenolic OH excluding ortho intramolecular Hbond substituents is 1. The van der Waals surface area contributed by atoms with E-state index < -0.39 is 40.9 Å². The second-order valence-electron chi connectivity index (χ2n) is 12.1. The van der Waals surface area contributed by atoms with Gasteiger partial charge in [-0.25, -0.2) is 0 Å². The average Bonchev–Trinajstić information content (AvgIpc) is 2.88. The summed E-state index contributed by atoms with van der Waals surface area (Å²) < 4.78 is 0. The van der Waals surface area contributed by atoms with E-state index in [0.29, 0.717) is 24.6 Å². The zero-order valence-corrected chi connectivity index (χ0v) is 25.2. The Balaban J connectivity index is 1.92. The molecule has 0 aliphatic heterocycles. The number of likely N-dealkylation sites (N-methyl/N-ethyl adjacent to an activating group) is 1. The monoisotopic (exact) mass is 566 g/mol. The number of benzene rings is 1. The van der Waals surface area contributed by atoms with Crippen LogP contribution in [0.1, 0.15) is 55.1 Å². The number of carbonyl (C=O) groups is 2. The van der Waals surface area contributed by atoms with Crippen LogP contribution < -0.4 is 10.6 Å². The van der Waals surface area contributed by atoms with E-state index in [1.165, 1.54) is 0 Å². The molecule has 0 saturated carbocycles. The van der Waals surface area contributed by atoms with Gasteiger partial charge in [0.25, 0.3) is 0 Å². The number of amides is 1. The Morgan fingerprint density at radius 2 is 1.83 bits per heavy atom. The Bertz CT molecular complexity index is 1370. The normalized spacial score (nSPS) is 26.7. The number of allylic oxidation sites excluding steroid dienone is 1. The molecule has 0 spiro atoms. The first kappa shape index (κ1) is 30.8. The Kier molecular flexibility index (Phi) is 8.21. The fourth-order valence-corrected chi connectivity index (χ4v) is 7.27. The summed E-state index contributed by atoms with van der Waals surface area (Å²) in [6.07, 6.45) is 1.51. The number of aliphatic hydroxyl groups is 3. The van der Waals surface area contributed by atoms with Crippen molar-refractivity contribution in [2.24, 2.45) is 17.6 Å². The molecule has 222 valence electrons. The average molecular weight is 567 g/mol. The molecule has 41 heavy (non-hydrogen) atoms. The van der Waals surface area contributed by atoms with Crippen molar-refractivity contribution in [3.63, 3.8) is 0 Å². The van der Waals surface area contributed by atoms with Crippen LogP contribution in [0.15, 0.2) is 28.7 Å². The summed E-state index contributed by atoms with van der Waals surface area (Å²) in [5.74, 6) is -4.01. The molecule has 1 unspecified atom stereocenters. The fraction of sp³-hybridized carbons (Fsp3) is 0.567. The van der Waals surface area contributed by atoms with Gasteiger partial charge in [0.1, 0.15) is 0 Å². The van der Waals surface area contributed by atoms with Gasteiger partial charge in [0.15, 0.2) is 0 Å². The number of phenols is 1. The van der Waals surface area contributed by atoms with E-state index in [2.05, 4.69) is 33.2 Å². The predicted molar refractivity (Wildman–Crippen MR) is 161 cm³/mol. The summed E-state index contributed by atoms with van der Waals surface area (Å²) in [5.41, 5.74) is 5.27. The van der Waals surface area contributed by atoms with E-state index in [1.807, 2.05) is 19.0 Å². The second kappa shape index (κ2) is 10.9. The van der Waals surface area contributed by atoms with Crippen molar-refractivity contribution >= 4 is 30.3 Å². The van der Waals surface area contributed by atoms with Crippen LogP contribution in [0.3, 0.4) is 0 Å². The van der Waals surface area contributed by atoms with E-state index in [1.54, 1.807) is 25.1 Å². The zero-order valence-electron chi connectivity index (χ0n) is 25.2. The number of hydrogen-bond donors (Lipinski definition) is 5. The summed E-state index contributed by atoms with van der Waals surface area (Å²) in [4.78, 5) is 32.4. The number of rotatable bonds is 8. The number of hydrogen-bond acceptors (Lipinski definition) is 9. The van der Waals surface area contributed by atoms with Gasteiger partial charge in [0, 0.05) is 0 Å². The fourth-order valence-electron chi connectivity index (χ4n) is 7.27. The van der Waals surface area contributed by atoms with Crippen LogP contribution in [-0.2, 0) is 17.8 Å². The van der Waals surface area contributed by atoms with Crippen LogP contribution in [0.5, 0.6) is 5.75 Å². The van der Waals surface area contributed by atoms with Gasteiger partial charge in [-0.1, -0.05) is 13.8 Å². The topological polar surface area (TPSA) is 151 Å². The molecule has 5 atom stereocenters. The van der Waals surface area contributed by atoms with E-state index in [4.69, 9.17) is 5.73 Å². The van der Waals surface area contributed by atoms with E-state index in [-0.39, 0.29) is 40.1 Å². The van der Waals surface area contributed by atoms with Gasteiger partial charge >= 0.3 is 216 Å². The zero-order chi connectivity index (χ0) is 30.7. The van der Waals surface area contributed by atoms with E-state index >= 15 is 0 Å². The van der Waals surface area contributed by atoms with Crippen molar-refractivity contribution in [3.8, 4) is 5.75 Å². The molecular weight excluding hydrogens is 523 g/mol. The van der Waals surface area contributed by atoms with Crippen molar-refractivity contribution in [1.82, 2.24) is 9.80 Å². The van der Waals surface area contributed by atoms with Gasteiger partial charge in [-0.05, 0) is 13.3 Å². The Labute approximate surface area is 242 Å². The summed E-state index contributed by atoms with van der Waals surface area (Å²) in [7, 11) is 11.0. The minimum absolute atomic E-state index is 0.0114.